The zero-order chi connectivity index (χ0) is 15.6. The first-order valence-corrected chi connectivity index (χ1v) is 8.75. The van der Waals surface area contributed by atoms with Gasteiger partial charge in [0, 0.05) is 12.5 Å². The van der Waals surface area contributed by atoms with E-state index in [4.69, 9.17) is 5.73 Å². The van der Waals surface area contributed by atoms with E-state index in [0.717, 1.165) is 18.3 Å². The molecule has 1 fully saturated rings. The van der Waals surface area contributed by atoms with Gasteiger partial charge < -0.3 is 5.73 Å². The molecule has 3 atom stereocenters. The van der Waals surface area contributed by atoms with E-state index in [1.165, 1.54) is 31.3 Å². The Balaban J connectivity index is 1.97. The number of hydrogen-bond acceptors (Lipinski definition) is 1. The average molecular weight is 288 g/mol. The highest BCUT2D eigenvalue weighted by molar-refractivity contribution is 5.33. The Morgan fingerprint density at radius 1 is 1.29 bits per heavy atom. The van der Waals surface area contributed by atoms with Gasteiger partial charge in [0.2, 0.25) is 0 Å². The molecule has 0 bridgehead atoms. The van der Waals surface area contributed by atoms with Crippen molar-refractivity contribution in [2.45, 2.75) is 72.8 Å². The molecule has 1 saturated carbocycles. The highest BCUT2D eigenvalue weighted by Gasteiger charge is 2.38. The molecular formula is C20H34N. The van der Waals surface area contributed by atoms with Crippen molar-refractivity contribution in [2.75, 3.05) is 0 Å². The maximum Gasteiger partial charge on any atom is 0.00830 e. The molecule has 1 heteroatoms. The van der Waals surface area contributed by atoms with E-state index in [1.807, 2.05) is 0 Å². The highest BCUT2D eigenvalue weighted by Crippen LogP contribution is 2.49. The monoisotopic (exact) mass is 288 g/mol. The maximum absolute atomic E-state index is 6.30. The smallest absolute Gasteiger partial charge is 0.00830 e. The van der Waals surface area contributed by atoms with Crippen LogP contribution in [0.1, 0.15) is 66.7 Å². The summed E-state index contributed by atoms with van der Waals surface area (Å²) >= 11 is 0. The largest absolute Gasteiger partial charge is 0.327 e. The molecular weight excluding hydrogens is 254 g/mol. The quantitative estimate of drug-likeness (QED) is 0.748. The maximum atomic E-state index is 6.30. The molecule has 0 aromatic carbocycles. The van der Waals surface area contributed by atoms with Crippen LogP contribution < -0.4 is 5.73 Å². The van der Waals surface area contributed by atoms with Gasteiger partial charge in [0.25, 0.3) is 0 Å². The summed E-state index contributed by atoms with van der Waals surface area (Å²) in [6.07, 6.45) is 13.5. The van der Waals surface area contributed by atoms with E-state index in [2.05, 4.69) is 53.2 Å². The van der Waals surface area contributed by atoms with E-state index in [9.17, 15) is 0 Å². The van der Waals surface area contributed by atoms with Crippen LogP contribution in [-0.2, 0) is 0 Å². The van der Waals surface area contributed by atoms with Crippen LogP contribution in [0.5, 0.6) is 0 Å². The molecule has 2 N–H and O–H groups in total. The summed E-state index contributed by atoms with van der Waals surface area (Å²) in [6.45, 7) is 11.6. The molecule has 21 heavy (non-hydrogen) atoms. The third-order valence-corrected chi connectivity index (χ3v) is 5.71. The van der Waals surface area contributed by atoms with Gasteiger partial charge in [0.1, 0.15) is 0 Å². The first-order chi connectivity index (χ1) is 9.79. The van der Waals surface area contributed by atoms with Crippen LogP contribution in [0, 0.1) is 29.6 Å². The molecule has 119 valence electrons. The van der Waals surface area contributed by atoms with E-state index < -0.39 is 0 Å². The first-order valence-electron chi connectivity index (χ1n) is 8.75. The lowest BCUT2D eigenvalue weighted by atomic mass is 9.60. The molecule has 2 aliphatic rings. The number of allylic oxidation sites excluding steroid dienone is 4. The van der Waals surface area contributed by atoms with Gasteiger partial charge >= 0.3 is 0 Å². The normalized spacial score (nSPS) is 30.8. The van der Waals surface area contributed by atoms with Gasteiger partial charge in [-0.15, -0.1) is 0 Å². The molecule has 2 rings (SSSR count). The molecule has 2 unspecified atom stereocenters. The van der Waals surface area contributed by atoms with Gasteiger partial charge in [-0.1, -0.05) is 51.0 Å². The van der Waals surface area contributed by atoms with E-state index in [-0.39, 0.29) is 0 Å². The minimum atomic E-state index is 0.369. The summed E-state index contributed by atoms with van der Waals surface area (Å²) in [7, 11) is 0. The Kier molecular flexibility index (Phi) is 5.35. The van der Waals surface area contributed by atoms with E-state index in [0.29, 0.717) is 17.4 Å². The number of nitrogens with two attached hydrogens (primary N) is 1. The average Bonchev–Trinajstić information content (AvgIpc) is 2.39. The molecule has 0 saturated heterocycles. The van der Waals surface area contributed by atoms with Crippen molar-refractivity contribution >= 4 is 0 Å². The third kappa shape index (κ3) is 4.22. The standard InChI is InChI=1S/C20H34N/c1-14(2)19(21)12-16-8-11-18(20(4,5)13-16)17-9-6-15(3)7-10-17/h6,9-10,14,16,18-19H,7-8,11-13,21H2,1-5H3/t16?,18?,19-/m0/s1. The van der Waals surface area contributed by atoms with Crippen molar-refractivity contribution in [3.05, 3.63) is 29.7 Å². The Labute approximate surface area is 132 Å². The van der Waals surface area contributed by atoms with E-state index in [1.54, 1.807) is 5.57 Å². The van der Waals surface area contributed by atoms with Crippen LogP contribution >= 0.6 is 0 Å². The van der Waals surface area contributed by atoms with Gasteiger partial charge in [-0.25, -0.2) is 0 Å². The van der Waals surface area contributed by atoms with Crippen molar-refractivity contribution in [3.8, 4) is 0 Å². The Morgan fingerprint density at radius 2 is 2.00 bits per heavy atom. The molecule has 0 amide bonds. The molecule has 1 nitrogen and oxygen atoms in total. The van der Waals surface area contributed by atoms with Gasteiger partial charge in [0.05, 0.1) is 0 Å². The van der Waals surface area contributed by atoms with Gasteiger partial charge in [-0.2, -0.15) is 0 Å². The summed E-state index contributed by atoms with van der Waals surface area (Å²) in [6, 6.07) is 0.369. The van der Waals surface area contributed by atoms with Crippen molar-refractivity contribution in [3.63, 3.8) is 0 Å². The summed E-state index contributed by atoms with van der Waals surface area (Å²) < 4.78 is 0. The lowest BCUT2D eigenvalue weighted by Crippen LogP contribution is -2.37. The van der Waals surface area contributed by atoms with Gasteiger partial charge in [0.15, 0.2) is 0 Å². The molecule has 0 spiro atoms. The Hall–Kier alpha value is -0.560. The fourth-order valence-electron chi connectivity index (χ4n) is 4.17. The SMILES string of the molecule is CC1=C[CH]C(C2CCC(C[C@H](N)C(C)C)CC2(C)C)=CC1. The number of rotatable bonds is 4. The van der Waals surface area contributed by atoms with Crippen LogP contribution in [0.2, 0.25) is 0 Å². The van der Waals surface area contributed by atoms with Crippen molar-refractivity contribution < 1.29 is 0 Å². The highest BCUT2D eigenvalue weighted by atomic mass is 14.6. The Morgan fingerprint density at radius 3 is 2.52 bits per heavy atom. The predicted molar refractivity (Wildman–Crippen MR) is 92.8 cm³/mol. The minimum absolute atomic E-state index is 0.369. The van der Waals surface area contributed by atoms with Crippen LogP contribution in [-0.4, -0.2) is 6.04 Å². The zero-order valence-electron chi connectivity index (χ0n) is 14.7. The lowest BCUT2D eigenvalue weighted by Gasteiger charge is -2.45. The molecule has 0 aromatic rings. The molecule has 2 aliphatic carbocycles. The fraction of sp³-hybridized carbons (Fsp3) is 0.750. The summed E-state index contributed by atoms with van der Waals surface area (Å²) in [5.74, 6) is 2.15. The summed E-state index contributed by atoms with van der Waals surface area (Å²) in [5.41, 5.74) is 9.77. The van der Waals surface area contributed by atoms with Crippen LogP contribution in [0.25, 0.3) is 0 Å². The lowest BCUT2D eigenvalue weighted by molar-refractivity contribution is 0.108. The summed E-state index contributed by atoms with van der Waals surface area (Å²) in [4.78, 5) is 0. The fourth-order valence-corrected chi connectivity index (χ4v) is 4.17. The van der Waals surface area contributed by atoms with Crippen LogP contribution in [0.15, 0.2) is 23.3 Å². The second kappa shape index (κ2) is 6.69. The molecule has 0 heterocycles. The van der Waals surface area contributed by atoms with Gasteiger partial charge in [-0.05, 0) is 62.2 Å². The number of hydrogen-bond donors (Lipinski definition) is 1. The van der Waals surface area contributed by atoms with Crippen molar-refractivity contribution in [2.24, 2.45) is 28.9 Å². The minimum Gasteiger partial charge on any atom is -0.327 e. The predicted octanol–water partition coefficient (Wildman–Crippen LogP) is 5.28. The van der Waals surface area contributed by atoms with Gasteiger partial charge in [-0.3, -0.25) is 0 Å². The first kappa shape index (κ1) is 16.8. The second-order valence-electron chi connectivity index (χ2n) is 8.42. The van der Waals surface area contributed by atoms with Crippen molar-refractivity contribution in [1.82, 2.24) is 0 Å². The molecule has 1 radical (unpaired) electrons. The molecule has 0 aromatic heterocycles. The van der Waals surface area contributed by atoms with Crippen LogP contribution in [0.4, 0.5) is 0 Å². The third-order valence-electron chi connectivity index (χ3n) is 5.71. The zero-order valence-corrected chi connectivity index (χ0v) is 14.7. The Bertz CT molecular complexity index is 414. The van der Waals surface area contributed by atoms with Crippen LogP contribution in [0.3, 0.4) is 0 Å². The van der Waals surface area contributed by atoms with E-state index >= 15 is 0 Å². The van der Waals surface area contributed by atoms with Crippen molar-refractivity contribution in [1.29, 1.82) is 0 Å². The summed E-state index contributed by atoms with van der Waals surface area (Å²) in [5, 5.41) is 0. The molecule has 0 aliphatic heterocycles. The second-order valence-corrected chi connectivity index (χ2v) is 8.42. The topological polar surface area (TPSA) is 26.0 Å².